The molecule has 1 aliphatic heterocycles. The molecule has 7 heteroatoms. The third-order valence-corrected chi connectivity index (χ3v) is 4.76. The summed E-state index contributed by atoms with van der Waals surface area (Å²) < 4.78 is 0. The molecule has 1 saturated heterocycles. The van der Waals surface area contributed by atoms with Gasteiger partial charge in [-0.1, -0.05) is 17.7 Å². The molecule has 3 rings (SSSR count). The molecule has 1 aliphatic rings. The number of rotatable bonds is 4. The maximum atomic E-state index is 6.33. The molecule has 128 valence electrons. The summed E-state index contributed by atoms with van der Waals surface area (Å²) in [7, 11) is 4.21. The van der Waals surface area contributed by atoms with Crippen LogP contribution in [0.4, 0.5) is 23.0 Å². The average Bonchev–Trinajstić information content (AvgIpc) is 2.57. The van der Waals surface area contributed by atoms with Crippen molar-refractivity contribution in [2.24, 2.45) is 0 Å². The fourth-order valence-corrected chi connectivity index (χ4v) is 3.22. The van der Waals surface area contributed by atoms with E-state index in [1.54, 1.807) is 6.33 Å². The predicted molar refractivity (Wildman–Crippen MR) is 100 cm³/mol. The smallest absolute Gasteiger partial charge is 0.159 e. The molecule has 0 bridgehead atoms. The normalized spacial score (nSPS) is 16.1. The Balaban J connectivity index is 1.80. The number of benzene rings is 1. The number of halogens is 1. The van der Waals surface area contributed by atoms with Crippen LogP contribution in [0.5, 0.6) is 0 Å². The van der Waals surface area contributed by atoms with E-state index in [0.717, 1.165) is 37.4 Å². The van der Waals surface area contributed by atoms with Crippen molar-refractivity contribution < 1.29 is 0 Å². The number of aromatic nitrogens is 2. The molecule has 0 atom stereocenters. The van der Waals surface area contributed by atoms with E-state index >= 15 is 0 Å². The highest BCUT2D eigenvalue weighted by molar-refractivity contribution is 6.30. The number of nitrogen functional groups attached to an aromatic ring is 1. The average molecular weight is 347 g/mol. The summed E-state index contributed by atoms with van der Waals surface area (Å²) in [6.45, 7) is 2.18. The minimum Gasteiger partial charge on any atom is -0.393 e. The number of piperidine rings is 1. The Bertz CT molecular complexity index is 699. The Morgan fingerprint density at radius 1 is 1.29 bits per heavy atom. The van der Waals surface area contributed by atoms with Gasteiger partial charge in [-0.2, -0.15) is 0 Å². The van der Waals surface area contributed by atoms with E-state index in [1.807, 2.05) is 24.3 Å². The molecular formula is C17H23ClN6. The van der Waals surface area contributed by atoms with E-state index in [-0.39, 0.29) is 0 Å². The van der Waals surface area contributed by atoms with Crippen LogP contribution in [0.1, 0.15) is 12.8 Å². The van der Waals surface area contributed by atoms with Gasteiger partial charge < -0.3 is 20.9 Å². The molecule has 0 aliphatic carbocycles. The van der Waals surface area contributed by atoms with Gasteiger partial charge in [-0.05, 0) is 51.2 Å². The third kappa shape index (κ3) is 3.71. The van der Waals surface area contributed by atoms with Crippen LogP contribution in [0.25, 0.3) is 0 Å². The van der Waals surface area contributed by atoms with Crippen LogP contribution in [-0.4, -0.2) is 48.1 Å². The van der Waals surface area contributed by atoms with Crippen molar-refractivity contribution in [3.05, 3.63) is 35.6 Å². The lowest BCUT2D eigenvalue weighted by atomic mass is 10.0. The lowest BCUT2D eigenvalue weighted by Gasteiger charge is -2.36. The van der Waals surface area contributed by atoms with E-state index in [0.29, 0.717) is 22.6 Å². The van der Waals surface area contributed by atoms with Crippen LogP contribution in [-0.2, 0) is 0 Å². The Labute approximate surface area is 147 Å². The van der Waals surface area contributed by atoms with Crippen molar-refractivity contribution in [3.8, 4) is 0 Å². The molecule has 1 fully saturated rings. The topological polar surface area (TPSA) is 70.3 Å². The van der Waals surface area contributed by atoms with Crippen LogP contribution < -0.4 is 16.0 Å². The zero-order chi connectivity index (χ0) is 17.1. The molecule has 0 amide bonds. The van der Waals surface area contributed by atoms with Crippen molar-refractivity contribution >= 4 is 34.6 Å². The molecule has 0 radical (unpaired) electrons. The summed E-state index contributed by atoms with van der Waals surface area (Å²) in [4.78, 5) is 13.2. The first-order valence-electron chi connectivity index (χ1n) is 8.09. The fraction of sp³-hybridized carbons (Fsp3) is 0.412. The molecule has 24 heavy (non-hydrogen) atoms. The summed E-state index contributed by atoms with van der Waals surface area (Å²) in [5.74, 6) is 1.37. The molecule has 0 saturated carbocycles. The van der Waals surface area contributed by atoms with Crippen LogP contribution in [0, 0.1) is 0 Å². The second kappa shape index (κ2) is 7.23. The quantitative estimate of drug-likeness (QED) is 0.886. The van der Waals surface area contributed by atoms with Crippen LogP contribution in [0.3, 0.4) is 0 Å². The summed E-state index contributed by atoms with van der Waals surface area (Å²) >= 11 is 6.03. The van der Waals surface area contributed by atoms with Gasteiger partial charge in [-0.15, -0.1) is 0 Å². The van der Waals surface area contributed by atoms with E-state index in [2.05, 4.69) is 39.2 Å². The number of nitrogens with zero attached hydrogens (tertiary/aromatic N) is 4. The predicted octanol–water partition coefficient (Wildman–Crippen LogP) is 2.99. The minimum atomic E-state index is 0.442. The van der Waals surface area contributed by atoms with Gasteiger partial charge in [0, 0.05) is 23.8 Å². The standard InChI is InChI=1S/C17H23ClN6/c1-23-8-6-14(7-9-23)24(2)17-15(19)16(20-11-21-17)22-13-5-3-4-12(18)10-13/h3-5,10-11,14H,6-9,19H2,1-2H3,(H,20,21,22). The third-order valence-electron chi connectivity index (χ3n) is 4.52. The van der Waals surface area contributed by atoms with Gasteiger partial charge in [0.1, 0.15) is 12.0 Å². The molecular weight excluding hydrogens is 324 g/mol. The Kier molecular flexibility index (Phi) is 5.06. The first kappa shape index (κ1) is 16.8. The summed E-state index contributed by atoms with van der Waals surface area (Å²) in [5.41, 5.74) is 7.73. The zero-order valence-electron chi connectivity index (χ0n) is 14.0. The molecule has 2 heterocycles. The van der Waals surface area contributed by atoms with Gasteiger partial charge in [0.2, 0.25) is 0 Å². The Morgan fingerprint density at radius 2 is 2.04 bits per heavy atom. The van der Waals surface area contributed by atoms with Crippen LogP contribution in [0.2, 0.25) is 5.02 Å². The van der Waals surface area contributed by atoms with Crippen molar-refractivity contribution in [2.75, 3.05) is 43.1 Å². The monoisotopic (exact) mass is 346 g/mol. The van der Waals surface area contributed by atoms with Crippen molar-refractivity contribution in [2.45, 2.75) is 18.9 Å². The first-order valence-corrected chi connectivity index (χ1v) is 8.47. The van der Waals surface area contributed by atoms with E-state index in [1.165, 1.54) is 0 Å². The molecule has 0 unspecified atom stereocenters. The van der Waals surface area contributed by atoms with Crippen LogP contribution >= 0.6 is 11.6 Å². The second-order valence-electron chi connectivity index (χ2n) is 6.24. The summed E-state index contributed by atoms with van der Waals surface area (Å²) in [6.07, 6.45) is 3.75. The van der Waals surface area contributed by atoms with E-state index < -0.39 is 0 Å². The largest absolute Gasteiger partial charge is 0.393 e. The number of nitrogens with one attached hydrogen (secondary N) is 1. The first-order chi connectivity index (χ1) is 11.5. The highest BCUT2D eigenvalue weighted by Gasteiger charge is 2.23. The van der Waals surface area contributed by atoms with Crippen molar-refractivity contribution in [1.29, 1.82) is 0 Å². The maximum Gasteiger partial charge on any atom is 0.159 e. The number of hydrogen-bond acceptors (Lipinski definition) is 6. The number of nitrogens with two attached hydrogens (primary N) is 1. The SMILES string of the molecule is CN1CCC(N(C)c2ncnc(Nc3cccc(Cl)c3)c2N)CC1. The Hall–Kier alpha value is -2.05. The maximum absolute atomic E-state index is 6.33. The van der Waals surface area contributed by atoms with Gasteiger partial charge in [0.05, 0.1) is 0 Å². The number of likely N-dealkylation sites (tertiary alicyclic amines) is 1. The minimum absolute atomic E-state index is 0.442. The number of anilines is 4. The molecule has 6 nitrogen and oxygen atoms in total. The summed E-state index contributed by atoms with van der Waals surface area (Å²) in [5, 5.41) is 3.89. The molecule has 3 N–H and O–H groups in total. The van der Waals surface area contributed by atoms with E-state index in [4.69, 9.17) is 17.3 Å². The van der Waals surface area contributed by atoms with Gasteiger partial charge in [-0.25, -0.2) is 9.97 Å². The molecule has 1 aromatic heterocycles. The van der Waals surface area contributed by atoms with Crippen LogP contribution in [0.15, 0.2) is 30.6 Å². The Morgan fingerprint density at radius 3 is 2.75 bits per heavy atom. The lowest BCUT2D eigenvalue weighted by molar-refractivity contribution is 0.252. The zero-order valence-corrected chi connectivity index (χ0v) is 14.8. The molecule has 2 aromatic rings. The second-order valence-corrected chi connectivity index (χ2v) is 6.68. The lowest BCUT2D eigenvalue weighted by Crippen LogP contribution is -2.42. The molecule has 1 aromatic carbocycles. The van der Waals surface area contributed by atoms with Gasteiger partial charge in [-0.3, -0.25) is 0 Å². The summed E-state index contributed by atoms with van der Waals surface area (Å²) in [6, 6.07) is 7.91. The highest BCUT2D eigenvalue weighted by atomic mass is 35.5. The van der Waals surface area contributed by atoms with Crippen molar-refractivity contribution in [1.82, 2.24) is 14.9 Å². The van der Waals surface area contributed by atoms with Gasteiger partial charge in [0.15, 0.2) is 11.6 Å². The highest BCUT2D eigenvalue weighted by Crippen LogP contribution is 2.31. The molecule has 0 spiro atoms. The van der Waals surface area contributed by atoms with Crippen molar-refractivity contribution in [3.63, 3.8) is 0 Å². The van der Waals surface area contributed by atoms with Gasteiger partial charge >= 0.3 is 0 Å². The fourth-order valence-electron chi connectivity index (χ4n) is 3.03. The van der Waals surface area contributed by atoms with E-state index in [9.17, 15) is 0 Å². The van der Waals surface area contributed by atoms with Gasteiger partial charge in [0.25, 0.3) is 0 Å². The number of hydrogen-bond donors (Lipinski definition) is 2.